The lowest BCUT2D eigenvalue weighted by molar-refractivity contribution is -0.121. The quantitative estimate of drug-likeness (QED) is 0.623. The fourth-order valence-electron chi connectivity index (χ4n) is 1.96. The molecular weight excluding hydrogens is 174 g/mol. The molecule has 2 aliphatic rings. The number of thioether (sulfide) groups is 1. The Bertz CT molecular complexity index is 159. The first-order valence-electron chi connectivity index (χ1n) is 4.42. The third-order valence-corrected chi connectivity index (χ3v) is 3.93. The Labute approximate surface area is 76.9 Å². The highest BCUT2D eigenvalue weighted by molar-refractivity contribution is 7.99. The zero-order valence-electron chi connectivity index (χ0n) is 7.12. The predicted octanol–water partition coefficient (Wildman–Crippen LogP) is 0.931. The van der Waals surface area contributed by atoms with Crippen molar-refractivity contribution in [1.29, 1.82) is 0 Å². The molecular formula is C8H15NO2S. The number of nitrogens with two attached hydrogens (primary N) is 1. The molecule has 0 aromatic carbocycles. The molecule has 2 rings (SSSR count). The van der Waals surface area contributed by atoms with Crippen LogP contribution in [0.2, 0.25) is 0 Å². The van der Waals surface area contributed by atoms with E-state index in [0.717, 1.165) is 31.6 Å². The fraction of sp³-hybridized carbons (Fsp3) is 1.00. The van der Waals surface area contributed by atoms with E-state index >= 15 is 0 Å². The normalized spacial score (nSPS) is 42.2. The molecule has 2 aliphatic heterocycles. The Morgan fingerprint density at radius 2 is 2.50 bits per heavy atom. The first-order chi connectivity index (χ1) is 5.85. The summed E-state index contributed by atoms with van der Waals surface area (Å²) in [7, 11) is 0. The van der Waals surface area contributed by atoms with Crippen molar-refractivity contribution in [3.05, 3.63) is 0 Å². The Kier molecular flexibility index (Phi) is 2.60. The maximum atomic E-state index is 5.80. The van der Waals surface area contributed by atoms with Crippen molar-refractivity contribution < 1.29 is 9.57 Å². The molecule has 2 heterocycles. The van der Waals surface area contributed by atoms with E-state index in [0.29, 0.717) is 0 Å². The number of ether oxygens (including phenoxy) is 1. The van der Waals surface area contributed by atoms with Crippen LogP contribution in [-0.2, 0) is 9.57 Å². The van der Waals surface area contributed by atoms with Crippen molar-refractivity contribution in [3.63, 3.8) is 0 Å². The van der Waals surface area contributed by atoms with Crippen molar-refractivity contribution in [2.75, 3.05) is 18.1 Å². The summed E-state index contributed by atoms with van der Waals surface area (Å²) in [4.78, 5) is 4.89. The molecule has 0 aliphatic carbocycles. The van der Waals surface area contributed by atoms with Crippen LogP contribution >= 0.6 is 11.8 Å². The minimum atomic E-state index is 0.104. The smallest absolute Gasteiger partial charge is 0.0837 e. The summed E-state index contributed by atoms with van der Waals surface area (Å²) in [5, 5.41) is 0. The number of hydrogen-bond acceptors (Lipinski definition) is 4. The van der Waals surface area contributed by atoms with Gasteiger partial charge in [-0.25, -0.2) is 5.90 Å². The molecule has 0 radical (unpaired) electrons. The lowest BCUT2D eigenvalue weighted by Gasteiger charge is -2.36. The SMILES string of the molecule is NOC1CCOC2(CCSC2)C1. The molecule has 2 saturated heterocycles. The molecule has 2 N–H and O–H groups in total. The van der Waals surface area contributed by atoms with Crippen LogP contribution in [0.3, 0.4) is 0 Å². The van der Waals surface area contributed by atoms with Crippen LogP contribution in [-0.4, -0.2) is 29.8 Å². The van der Waals surface area contributed by atoms with E-state index in [1.54, 1.807) is 0 Å². The zero-order chi connectivity index (χ0) is 8.44. The molecule has 3 nitrogen and oxygen atoms in total. The molecule has 0 aromatic rings. The van der Waals surface area contributed by atoms with Gasteiger partial charge in [0.1, 0.15) is 0 Å². The van der Waals surface area contributed by atoms with Crippen LogP contribution in [0.25, 0.3) is 0 Å². The van der Waals surface area contributed by atoms with Gasteiger partial charge in [-0.1, -0.05) is 0 Å². The molecule has 0 saturated carbocycles. The van der Waals surface area contributed by atoms with E-state index in [2.05, 4.69) is 0 Å². The molecule has 1 spiro atoms. The van der Waals surface area contributed by atoms with E-state index in [1.807, 2.05) is 11.8 Å². The topological polar surface area (TPSA) is 44.5 Å². The zero-order valence-corrected chi connectivity index (χ0v) is 7.94. The van der Waals surface area contributed by atoms with Crippen molar-refractivity contribution >= 4 is 11.8 Å². The lowest BCUT2D eigenvalue weighted by Crippen LogP contribution is -2.43. The van der Waals surface area contributed by atoms with Crippen LogP contribution in [0.5, 0.6) is 0 Å². The molecule has 2 unspecified atom stereocenters. The summed E-state index contributed by atoms with van der Waals surface area (Å²) in [5.74, 6) is 7.53. The van der Waals surface area contributed by atoms with Gasteiger partial charge in [0.15, 0.2) is 0 Å². The second-order valence-corrected chi connectivity index (χ2v) is 4.69. The van der Waals surface area contributed by atoms with Crippen LogP contribution in [0.4, 0.5) is 0 Å². The van der Waals surface area contributed by atoms with Crippen LogP contribution in [0, 0.1) is 0 Å². The third-order valence-electron chi connectivity index (χ3n) is 2.71. The second kappa shape index (κ2) is 3.54. The summed E-state index contributed by atoms with van der Waals surface area (Å²) in [6, 6.07) is 0. The van der Waals surface area contributed by atoms with Crippen molar-refractivity contribution in [1.82, 2.24) is 0 Å². The minimum absolute atomic E-state index is 0.104. The van der Waals surface area contributed by atoms with E-state index in [1.165, 1.54) is 5.75 Å². The number of hydrogen-bond donors (Lipinski definition) is 1. The molecule has 2 fully saturated rings. The van der Waals surface area contributed by atoms with Gasteiger partial charge in [0.25, 0.3) is 0 Å². The van der Waals surface area contributed by atoms with Gasteiger partial charge in [0.05, 0.1) is 11.7 Å². The molecule has 2 atom stereocenters. The Hall–Kier alpha value is 0.230. The summed E-state index contributed by atoms with van der Waals surface area (Å²) >= 11 is 1.97. The van der Waals surface area contributed by atoms with E-state index < -0.39 is 0 Å². The van der Waals surface area contributed by atoms with E-state index in [9.17, 15) is 0 Å². The standard InChI is InChI=1S/C8H15NO2S/c9-11-7-1-3-10-8(5-7)2-4-12-6-8/h7H,1-6,9H2. The maximum absolute atomic E-state index is 5.80. The summed E-state index contributed by atoms with van der Waals surface area (Å²) in [5.41, 5.74) is 0.104. The Balaban J connectivity index is 1.97. The van der Waals surface area contributed by atoms with Crippen LogP contribution in [0.15, 0.2) is 0 Å². The highest BCUT2D eigenvalue weighted by Crippen LogP contribution is 2.38. The first-order valence-corrected chi connectivity index (χ1v) is 5.57. The summed E-state index contributed by atoms with van der Waals surface area (Å²) in [6.45, 7) is 0.808. The van der Waals surface area contributed by atoms with Gasteiger partial charge in [0, 0.05) is 18.8 Å². The Morgan fingerprint density at radius 1 is 1.58 bits per heavy atom. The fourth-order valence-corrected chi connectivity index (χ4v) is 3.34. The van der Waals surface area contributed by atoms with Gasteiger partial charge in [-0.2, -0.15) is 11.8 Å². The first kappa shape index (κ1) is 8.81. The largest absolute Gasteiger partial charge is 0.374 e. The van der Waals surface area contributed by atoms with Crippen LogP contribution < -0.4 is 5.90 Å². The highest BCUT2D eigenvalue weighted by Gasteiger charge is 2.40. The number of rotatable bonds is 1. The van der Waals surface area contributed by atoms with Gasteiger partial charge in [-0.05, 0) is 18.6 Å². The van der Waals surface area contributed by atoms with Gasteiger partial charge in [0.2, 0.25) is 0 Å². The monoisotopic (exact) mass is 189 g/mol. The maximum Gasteiger partial charge on any atom is 0.0837 e. The van der Waals surface area contributed by atoms with Crippen LogP contribution in [0.1, 0.15) is 19.3 Å². The predicted molar refractivity (Wildman–Crippen MR) is 48.9 cm³/mol. The van der Waals surface area contributed by atoms with E-state index in [-0.39, 0.29) is 11.7 Å². The molecule has 0 aromatic heterocycles. The second-order valence-electron chi connectivity index (χ2n) is 3.58. The van der Waals surface area contributed by atoms with Crippen molar-refractivity contribution in [2.24, 2.45) is 5.90 Å². The minimum Gasteiger partial charge on any atom is -0.374 e. The molecule has 12 heavy (non-hydrogen) atoms. The van der Waals surface area contributed by atoms with E-state index in [4.69, 9.17) is 15.5 Å². The summed E-state index contributed by atoms with van der Waals surface area (Å²) < 4.78 is 5.80. The highest BCUT2D eigenvalue weighted by atomic mass is 32.2. The Morgan fingerprint density at radius 3 is 3.17 bits per heavy atom. The average Bonchev–Trinajstić information content (AvgIpc) is 2.53. The summed E-state index contributed by atoms with van der Waals surface area (Å²) in [6.07, 6.45) is 3.31. The van der Waals surface area contributed by atoms with Gasteiger partial charge < -0.3 is 9.57 Å². The molecule has 0 bridgehead atoms. The van der Waals surface area contributed by atoms with Gasteiger partial charge in [-0.15, -0.1) is 0 Å². The van der Waals surface area contributed by atoms with Gasteiger partial charge >= 0.3 is 0 Å². The van der Waals surface area contributed by atoms with Crippen molar-refractivity contribution in [3.8, 4) is 0 Å². The van der Waals surface area contributed by atoms with Gasteiger partial charge in [-0.3, -0.25) is 0 Å². The lowest BCUT2D eigenvalue weighted by atomic mass is 9.91. The third kappa shape index (κ3) is 1.62. The molecule has 70 valence electrons. The molecule has 0 amide bonds. The average molecular weight is 189 g/mol. The van der Waals surface area contributed by atoms with Crippen molar-refractivity contribution in [2.45, 2.75) is 31.0 Å². The molecule has 4 heteroatoms.